The summed E-state index contributed by atoms with van der Waals surface area (Å²) in [5.41, 5.74) is 4.52. The second-order valence-electron chi connectivity index (χ2n) is 6.74. The van der Waals surface area contributed by atoms with Crippen LogP contribution < -0.4 is 5.32 Å². The highest BCUT2D eigenvalue weighted by Crippen LogP contribution is 2.25. The molecule has 0 bridgehead atoms. The first-order chi connectivity index (χ1) is 13.0. The smallest absolute Gasteiger partial charge is 0.290 e. The minimum atomic E-state index is -0.250. The molecular weight excluding hydrogens is 342 g/mol. The molecule has 1 aromatic heterocycles. The summed E-state index contributed by atoms with van der Waals surface area (Å²) in [4.78, 5) is 27.4. The van der Waals surface area contributed by atoms with Crippen LogP contribution in [0.25, 0.3) is 0 Å². The van der Waals surface area contributed by atoms with E-state index in [4.69, 9.17) is 9.90 Å². The Morgan fingerprint density at radius 1 is 1.30 bits per heavy atom. The molecule has 2 heterocycles. The SMILES string of the molecule is Cc1ccc(C)c(C(NC(=O)CN2CCCC2)c2cccnc2)c1.O=CO. The van der Waals surface area contributed by atoms with Crippen molar-refractivity contribution in [3.63, 3.8) is 0 Å². The first kappa shape index (κ1) is 20.6. The number of carbonyl (C=O) groups excluding carboxylic acids is 1. The average molecular weight is 369 g/mol. The molecule has 3 rings (SSSR count). The summed E-state index contributed by atoms with van der Waals surface area (Å²) in [6.07, 6.45) is 5.98. The summed E-state index contributed by atoms with van der Waals surface area (Å²) < 4.78 is 0. The van der Waals surface area contributed by atoms with Gasteiger partial charge in [-0.2, -0.15) is 0 Å². The lowest BCUT2D eigenvalue weighted by atomic mass is 9.94. The minimum absolute atomic E-state index is 0.0756. The zero-order valence-corrected chi connectivity index (χ0v) is 15.9. The zero-order chi connectivity index (χ0) is 19.6. The third-order valence-corrected chi connectivity index (χ3v) is 4.63. The Morgan fingerprint density at radius 3 is 2.63 bits per heavy atom. The Kier molecular flexibility index (Phi) is 7.95. The van der Waals surface area contributed by atoms with Gasteiger partial charge in [-0.15, -0.1) is 0 Å². The van der Waals surface area contributed by atoms with Crippen molar-refractivity contribution >= 4 is 12.4 Å². The van der Waals surface area contributed by atoms with E-state index in [1.165, 1.54) is 24.0 Å². The highest BCUT2D eigenvalue weighted by molar-refractivity contribution is 5.79. The van der Waals surface area contributed by atoms with E-state index in [0.717, 1.165) is 24.2 Å². The van der Waals surface area contributed by atoms with Crippen LogP contribution in [0.15, 0.2) is 42.7 Å². The summed E-state index contributed by atoms with van der Waals surface area (Å²) in [5, 5.41) is 10.1. The first-order valence-corrected chi connectivity index (χ1v) is 9.11. The van der Waals surface area contributed by atoms with Gasteiger partial charge in [-0.25, -0.2) is 0 Å². The third-order valence-electron chi connectivity index (χ3n) is 4.63. The van der Waals surface area contributed by atoms with Crippen molar-refractivity contribution in [3.05, 3.63) is 65.0 Å². The maximum absolute atomic E-state index is 12.6. The molecule has 0 spiro atoms. The fraction of sp³-hybridized carbons (Fsp3) is 0.381. The number of likely N-dealkylation sites (tertiary alicyclic amines) is 1. The molecule has 0 saturated carbocycles. The van der Waals surface area contributed by atoms with Gasteiger partial charge in [-0.1, -0.05) is 29.8 Å². The van der Waals surface area contributed by atoms with Crippen molar-refractivity contribution in [3.8, 4) is 0 Å². The quantitative estimate of drug-likeness (QED) is 0.792. The van der Waals surface area contributed by atoms with Crippen LogP contribution in [0.5, 0.6) is 0 Å². The minimum Gasteiger partial charge on any atom is -0.483 e. The molecular formula is C21H27N3O3. The van der Waals surface area contributed by atoms with E-state index >= 15 is 0 Å². The molecule has 0 radical (unpaired) electrons. The van der Waals surface area contributed by atoms with Crippen molar-refractivity contribution in [2.24, 2.45) is 0 Å². The van der Waals surface area contributed by atoms with Crippen LogP contribution in [-0.2, 0) is 9.59 Å². The van der Waals surface area contributed by atoms with Gasteiger partial charge in [0.25, 0.3) is 6.47 Å². The molecule has 0 aliphatic carbocycles. The van der Waals surface area contributed by atoms with E-state index in [1.54, 1.807) is 6.20 Å². The number of hydrogen-bond donors (Lipinski definition) is 2. The van der Waals surface area contributed by atoms with Crippen LogP contribution in [0.4, 0.5) is 0 Å². The van der Waals surface area contributed by atoms with Gasteiger partial charge in [-0.05, 0) is 62.5 Å². The summed E-state index contributed by atoms with van der Waals surface area (Å²) in [7, 11) is 0. The van der Waals surface area contributed by atoms with Gasteiger partial charge in [0.1, 0.15) is 0 Å². The van der Waals surface area contributed by atoms with Crippen LogP contribution >= 0.6 is 0 Å². The second kappa shape index (κ2) is 10.4. The Balaban J connectivity index is 0.000000817. The standard InChI is InChI=1S/C20H25N3O.CH2O2/c1-15-7-8-16(2)18(12-15)20(17-6-5-9-21-13-17)22-19(24)14-23-10-3-4-11-23;2-1-3/h5-9,12-13,20H,3-4,10-11,14H2,1-2H3,(H,22,24);1H,(H,2,3). The summed E-state index contributed by atoms with van der Waals surface area (Å²) in [5.74, 6) is 0.0756. The third kappa shape index (κ3) is 6.18. The van der Waals surface area contributed by atoms with Gasteiger partial charge >= 0.3 is 0 Å². The maximum Gasteiger partial charge on any atom is 0.290 e. The van der Waals surface area contributed by atoms with Crippen molar-refractivity contribution in [1.29, 1.82) is 0 Å². The zero-order valence-electron chi connectivity index (χ0n) is 15.9. The largest absolute Gasteiger partial charge is 0.483 e. The van der Waals surface area contributed by atoms with Gasteiger partial charge in [0.15, 0.2) is 0 Å². The molecule has 144 valence electrons. The average Bonchev–Trinajstić information content (AvgIpc) is 3.16. The monoisotopic (exact) mass is 369 g/mol. The highest BCUT2D eigenvalue weighted by Gasteiger charge is 2.21. The predicted molar refractivity (Wildman–Crippen MR) is 105 cm³/mol. The van der Waals surface area contributed by atoms with E-state index in [2.05, 4.69) is 47.2 Å². The van der Waals surface area contributed by atoms with Crippen LogP contribution in [0, 0.1) is 13.8 Å². The number of rotatable bonds is 5. The van der Waals surface area contributed by atoms with E-state index in [9.17, 15) is 4.79 Å². The molecule has 1 atom stereocenters. The molecule has 1 saturated heterocycles. The number of nitrogens with one attached hydrogen (secondary N) is 1. The number of aromatic nitrogens is 1. The van der Waals surface area contributed by atoms with E-state index in [0.29, 0.717) is 6.54 Å². The van der Waals surface area contributed by atoms with Gasteiger partial charge in [0.2, 0.25) is 5.91 Å². The molecule has 27 heavy (non-hydrogen) atoms. The summed E-state index contributed by atoms with van der Waals surface area (Å²) in [6, 6.07) is 10.2. The number of pyridine rings is 1. The predicted octanol–water partition coefficient (Wildman–Crippen LogP) is 2.70. The van der Waals surface area contributed by atoms with Crippen molar-refractivity contribution in [2.45, 2.75) is 32.7 Å². The lowest BCUT2D eigenvalue weighted by Crippen LogP contribution is -2.38. The highest BCUT2D eigenvalue weighted by atomic mass is 16.3. The number of aryl methyl sites for hydroxylation is 2. The molecule has 6 heteroatoms. The van der Waals surface area contributed by atoms with Crippen LogP contribution in [0.3, 0.4) is 0 Å². The second-order valence-corrected chi connectivity index (χ2v) is 6.74. The van der Waals surface area contributed by atoms with Crippen molar-refractivity contribution in [1.82, 2.24) is 15.2 Å². The van der Waals surface area contributed by atoms with Crippen LogP contribution in [0.2, 0.25) is 0 Å². The molecule has 2 N–H and O–H groups in total. The van der Waals surface area contributed by atoms with E-state index in [1.807, 2.05) is 18.3 Å². The van der Waals surface area contributed by atoms with Crippen molar-refractivity contribution in [2.75, 3.05) is 19.6 Å². The molecule has 1 fully saturated rings. The number of carboxylic acid groups (broad SMARTS) is 1. The van der Waals surface area contributed by atoms with Gasteiger partial charge in [-0.3, -0.25) is 19.5 Å². The Bertz CT molecular complexity index is 744. The number of carbonyl (C=O) groups is 2. The molecule has 1 amide bonds. The lowest BCUT2D eigenvalue weighted by molar-refractivity contribution is -0.123. The Labute approximate surface area is 160 Å². The molecule has 6 nitrogen and oxygen atoms in total. The number of amides is 1. The van der Waals surface area contributed by atoms with E-state index in [-0.39, 0.29) is 18.4 Å². The summed E-state index contributed by atoms with van der Waals surface area (Å²) in [6.45, 7) is 6.44. The fourth-order valence-corrected chi connectivity index (χ4v) is 3.31. The van der Waals surface area contributed by atoms with Crippen LogP contribution in [-0.4, -0.2) is 47.0 Å². The van der Waals surface area contributed by atoms with E-state index < -0.39 is 0 Å². The fourth-order valence-electron chi connectivity index (χ4n) is 3.31. The van der Waals surface area contributed by atoms with Gasteiger partial charge in [0.05, 0.1) is 12.6 Å². The summed E-state index contributed by atoms with van der Waals surface area (Å²) >= 11 is 0. The normalized spacial score (nSPS) is 14.7. The van der Waals surface area contributed by atoms with Crippen LogP contribution in [0.1, 0.15) is 41.1 Å². The maximum atomic E-state index is 12.6. The Morgan fingerprint density at radius 2 is 2.00 bits per heavy atom. The first-order valence-electron chi connectivity index (χ1n) is 9.11. The molecule has 1 unspecified atom stereocenters. The number of nitrogens with zero attached hydrogens (tertiary/aromatic N) is 2. The lowest BCUT2D eigenvalue weighted by Gasteiger charge is -2.23. The Hall–Kier alpha value is -2.73. The number of benzene rings is 1. The molecule has 2 aromatic rings. The molecule has 1 aromatic carbocycles. The van der Waals surface area contributed by atoms with Gasteiger partial charge in [0, 0.05) is 12.4 Å². The topological polar surface area (TPSA) is 82.5 Å². The van der Waals surface area contributed by atoms with Crippen molar-refractivity contribution < 1.29 is 14.7 Å². The molecule has 1 aliphatic rings. The van der Waals surface area contributed by atoms with Gasteiger partial charge < -0.3 is 10.4 Å². The molecule has 1 aliphatic heterocycles. The number of hydrogen-bond acceptors (Lipinski definition) is 4.